The summed E-state index contributed by atoms with van der Waals surface area (Å²) in [5.74, 6) is 1.87. The average molecular weight is 253 g/mol. The normalized spacial score (nSPS) is 17.5. The van der Waals surface area contributed by atoms with Gasteiger partial charge in [-0.1, -0.05) is 13.8 Å². The molecule has 0 aromatic carbocycles. The van der Waals surface area contributed by atoms with E-state index in [-0.39, 0.29) is 0 Å². The lowest BCUT2D eigenvalue weighted by atomic mass is 10.1. The summed E-state index contributed by atoms with van der Waals surface area (Å²) in [6.07, 6.45) is 2.30. The van der Waals surface area contributed by atoms with Crippen LogP contribution in [-0.2, 0) is 22.6 Å². The third-order valence-corrected chi connectivity index (χ3v) is 3.03. The van der Waals surface area contributed by atoms with Crippen LogP contribution in [-0.4, -0.2) is 25.4 Å². The van der Waals surface area contributed by atoms with E-state index in [0.717, 1.165) is 44.1 Å². The first-order chi connectivity index (χ1) is 8.74. The molecule has 0 bridgehead atoms. The van der Waals surface area contributed by atoms with E-state index in [9.17, 15) is 0 Å². The highest BCUT2D eigenvalue weighted by Gasteiger charge is 2.14. The quantitative estimate of drug-likeness (QED) is 0.846. The molecule has 18 heavy (non-hydrogen) atoms. The second kappa shape index (κ2) is 6.92. The fraction of sp³-hybridized carbons (Fsp3) is 0.714. The molecule has 0 atom stereocenters. The Morgan fingerprint density at radius 2 is 2.00 bits per heavy atom. The van der Waals surface area contributed by atoms with E-state index in [1.165, 1.54) is 0 Å². The average Bonchev–Trinajstić information content (AvgIpc) is 2.83. The maximum Gasteiger partial charge on any atom is 0.129 e. The molecule has 0 spiro atoms. The number of hydrogen-bond donors (Lipinski definition) is 1. The zero-order valence-electron chi connectivity index (χ0n) is 11.3. The fourth-order valence-corrected chi connectivity index (χ4v) is 1.94. The molecule has 1 aromatic heterocycles. The smallest absolute Gasteiger partial charge is 0.129 e. The first-order valence-corrected chi connectivity index (χ1v) is 6.74. The van der Waals surface area contributed by atoms with Gasteiger partial charge in [0.1, 0.15) is 18.1 Å². The summed E-state index contributed by atoms with van der Waals surface area (Å²) in [5, 5.41) is 3.33. The monoisotopic (exact) mass is 253 g/mol. The number of rotatable bonds is 6. The second-order valence-electron chi connectivity index (χ2n) is 5.03. The Kier molecular flexibility index (Phi) is 5.23. The van der Waals surface area contributed by atoms with Crippen LogP contribution in [0.15, 0.2) is 16.5 Å². The summed E-state index contributed by atoms with van der Waals surface area (Å²) in [5.41, 5.74) is 0. The first kappa shape index (κ1) is 13.6. The van der Waals surface area contributed by atoms with Crippen LogP contribution >= 0.6 is 0 Å². The Hall–Kier alpha value is -0.840. The van der Waals surface area contributed by atoms with E-state index in [0.29, 0.717) is 18.8 Å². The summed E-state index contributed by atoms with van der Waals surface area (Å²) >= 11 is 0. The molecular formula is C14H23NO3. The maximum absolute atomic E-state index is 5.81. The van der Waals surface area contributed by atoms with Gasteiger partial charge >= 0.3 is 0 Å². The van der Waals surface area contributed by atoms with Crippen LogP contribution in [0.1, 0.15) is 38.2 Å². The van der Waals surface area contributed by atoms with E-state index in [2.05, 4.69) is 19.2 Å². The SMILES string of the molecule is CC(C)NCc1ccc(COC2CCOCC2)o1. The van der Waals surface area contributed by atoms with Crippen LogP contribution in [0.25, 0.3) is 0 Å². The Labute approximate surface area is 109 Å². The number of ether oxygens (including phenoxy) is 2. The van der Waals surface area contributed by atoms with Gasteiger partial charge in [-0.2, -0.15) is 0 Å². The minimum absolute atomic E-state index is 0.320. The van der Waals surface area contributed by atoms with Crippen LogP contribution < -0.4 is 5.32 Å². The van der Waals surface area contributed by atoms with Crippen molar-refractivity contribution < 1.29 is 13.9 Å². The molecule has 0 aliphatic carbocycles. The zero-order chi connectivity index (χ0) is 12.8. The number of nitrogens with one attached hydrogen (secondary N) is 1. The lowest BCUT2D eigenvalue weighted by Crippen LogP contribution is -2.23. The fourth-order valence-electron chi connectivity index (χ4n) is 1.94. The zero-order valence-corrected chi connectivity index (χ0v) is 11.3. The lowest BCUT2D eigenvalue weighted by Gasteiger charge is -2.21. The molecule has 1 aliphatic heterocycles. The molecule has 2 heterocycles. The summed E-state index contributed by atoms with van der Waals surface area (Å²) in [4.78, 5) is 0. The minimum atomic E-state index is 0.320. The summed E-state index contributed by atoms with van der Waals surface area (Å²) in [7, 11) is 0. The van der Waals surface area contributed by atoms with E-state index in [1.54, 1.807) is 0 Å². The molecule has 2 rings (SSSR count). The molecule has 4 nitrogen and oxygen atoms in total. The predicted octanol–water partition coefficient (Wildman–Crippen LogP) is 2.47. The molecule has 1 saturated heterocycles. The van der Waals surface area contributed by atoms with Crippen molar-refractivity contribution in [2.24, 2.45) is 0 Å². The minimum Gasteiger partial charge on any atom is -0.462 e. The van der Waals surface area contributed by atoms with Crippen molar-refractivity contribution in [3.8, 4) is 0 Å². The number of furan rings is 1. The molecule has 102 valence electrons. The van der Waals surface area contributed by atoms with Crippen molar-refractivity contribution >= 4 is 0 Å². The van der Waals surface area contributed by atoms with E-state index >= 15 is 0 Å². The van der Waals surface area contributed by atoms with Gasteiger partial charge in [-0.05, 0) is 25.0 Å². The van der Waals surface area contributed by atoms with Crippen molar-refractivity contribution in [3.05, 3.63) is 23.7 Å². The first-order valence-electron chi connectivity index (χ1n) is 6.74. The van der Waals surface area contributed by atoms with E-state index < -0.39 is 0 Å². The van der Waals surface area contributed by atoms with Crippen LogP contribution in [0.3, 0.4) is 0 Å². The van der Waals surface area contributed by atoms with Gasteiger partial charge in [0.15, 0.2) is 0 Å². The van der Waals surface area contributed by atoms with Gasteiger partial charge < -0.3 is 19.2 Å². The summed E-state index contributed by atoms with van der Waals surface area (Å²) in [6.45, 7) is 7.20. The maximum atomic E-state index is 5.81. The Morgan fingerprint density at radius 1 is 1.28 bits per heavy atom. The summed E-state index contributed by atoms with van der Waals surface area (Å²) in [6, 6.07) is 4.48. The van der Waals surface area contributed by atoms with Gasteiger partial charge in [-0.3, -0.25) is 0 Å². The van der Waals surface area contributed by atoms with Gasteiger partial charge in [0.2, 0.25) is 0 Å². The van der Waals surface area contributed by atoms with Crippen molar-refractivity contribution in [3.63, 3.8) is 0 Å². The Bertz CT molecular complexity index is 343. The van der Waals surface area contributed by atoms with E-state index in [1.807, 2.05) is 12.1 Å². The molecule has 0 saturated carbocycles. The molecule has 1 N–H and O–H groups in total. The van der Waals surface area contributed by atoms with Crippen molar-refractivity contribution in [2.45, 2.75) is 52.0 Å². The largest absolute Gasteiger partial charge is 0.462 e. The molecule has 0 unspecified atom stereocenters. The molecule has 1 fully saturated rings. The molecule has 0 radical (unpaired) electrons. The highest BCUT2D eigenvalue weighted by Crippen LogP contribution is 2.15. The van der Waals surface area contributed by atoms with E-state index in [4.69, 9.17) is 13.9 Å². The van der Waals surface area contributed by atoms with Crippen molar-refractivity contribution in [2.75, 3.05) is 13.2 Å². The molecule has 1 aromatic rings. The van der Waals surface area contributed by atoms with Gasteiger partial charge in [0, 0.05) is 19.3 Å². The van der Waals surface area contributed by atoms with Gasteiger partial charge in [-0.15, -0.1) is 0 Å². The Balaban J connectivity index is 1.72. The third kappa shape index (κ3) is 4.44. The molecule has 4 heteroatoms. The van der Waals surface area contributed by atoms with Crippen molar-refractivity contribution in [1.29, 1.82) is 0 Å². The second-order valence-corrected chi connectivity index (χ2v) is 5.03. The highest BCUT2D eigenvalue weighted by atomic mass is 16.5. The highest BCUT2D eigenvalue weighted by molar-refractivity contribution is 5.06. The topological polar surface area (TPSA) is 43.6 Å². The predicted molar refractivity (Wildman–Crippen MR) is 69.3 cm³/mol. The van der Waals surface area contributed by atoms with Crippen LogP contribution in [0.5, 0.6) is 0 Å². The van der Waals surface area contributed by atoms with Gasteiger partial charge in [-0.25, -0.2) is 0 Å². The Morgan fingerprint density at radius 3 is 2.72 bits per heavy atom. The third-order valence-electron chi connectivity index (χ3n) is 3.03. The molecule has 0 amide bonds. The lowest BCUT2D eigenvalue weighted by molar-refractivity contribution is -0.0435. The molecule has 1 aliphatic rings. The number of hydrogen-bond acceptors (Lipinski definition) is 4. The van der Waals surface area contributed by atoms with Crippen LogP contribution in [0.2, 0.25) is 0 Å². The van der Waals surface area contributed by atoms with Crippen LogP contribution in [0, 0.1) is 0 Å². The van der Waals surface area contributed by atoms with Gasteiger partial charge in [0.25, 0.3) is 0 Å². The van der Waals surface area contributed by atoms with Crippen LogP contribution in [0.4, 0.5) is 0 Å². The standard InChI is InChI=1S/C14H23NO3/c1-11(2)15-9-13-3-4-14(18-13)10-17-12-5-7-16-8-6-12/h3-4,11-12,15H,5-10H2,1-2H3. The molecular weight excluding hydrogens is 230 g/mol. The van der Waals surface area contributed by atoms with Gasteiger partial charge in [0.05, 0.1) is 12.6 Å². The summed E-state index contributed by atoms with van der Waals surface area (Å²) < 4.78 is 16.8. The van der Waals surface area contributed by atoms with Crippen molar-refractivity contribution in [1.82, 2.24) is 5.32 Å².